The van der Waals surface area contributed by atoms with Gasteiger partial charge in [0.1, 0.15) is 10.3 Å². The summed E-state index contributed by atoms with van der Waals surface area (Å²) < 4.78 is 2.02. The van der Waals surface area contributed by atoms with Crippen LogP contribution in [-0.4, -0.2) is 20.5 Å². The predicted molar refractivity (Wildman–Crippen MR) is 54.9 cm³/mol. The number of nitrogens with zero attached hydrogens (tertiary/aromatic N) is 2. The van der Waals surface area contributed by atoms with Gasteiger partial charge in [-0.2, -0.15) is 0 Å². The summed E-state index contributed by atoms with van der Waals surface area (Å²) in [4.78, 5) is 14.6. The summed E-state index contributed by atoms with van der Waals surface area (Å²) in [6.45, 7) is 0. The Morgan fingerprint density at radius 2 is 2.36 bits per heavy atom. The van der Waals surface area contributed by atoms with E-state index in [1.165, 1.54) is 0 Å². The molecule has 6 heteroatoms. The fourth-order valence-corrected chi connectivity index (χ4v) is 1.84. The Morgan fingerprint density at radius 1 is 1.64 bits per heavy atom. The average Bonchev–Trinajstić information content (AvgIpc) is 2.43. The molecule has 2 aromatic rings. The Kier molecular flexibility index (Phi) is 2.20. The van der Waals surface area contributed by atoms with Gasteiger partial charge in [-0.3, -0.25) is 4.40 Å². The molecule has 1 N–H and O–H groups in total. The van der Waals surface area contributed by atoms with E-state index in [1.54, 1.807) is 22.7 Å². The molecule has 14 heavy (non-hydrogen) atoms. The van der Waals surface area contributed by atoms with Gasteiger partial charge in [-0.1, -0.05) is 11.6 Å². The van der Waals surface area contributed by atoms with E-state index in [0.717, 1.165) is 0 Å². The molecule has 2 aromatic heterocycles. The van der Waals surface area contributed by atoms with Crippen LogP contribution in [0.1, 0.15) is 10.5 Å². The third kappa shape index (κ3) is 1.38. The summed E-state index contributed by atoms with van der Waals surface area (Å²) in [5, 5.41) is 9.32. The molecule has 0 saturated heterocycles. The van der Waals surface area contributed by atoms with Crippen molar-refractivity contribution in [1.29, 1.82) is 0 Å². The van der Waals surface area contributed by atoms with Gasteiger partial charge in [0.2, 0.25) is 0 Å². The molecule has 0 aliphatic carbocycles. The predicted octanol–water partition coefficient (Wildman–Crippen LogP) is 2.45. The first-order chi connectivity index (χ1) is 6.59. The molecule has 0 saturated carbocycles. The zero-order valence-electron chi connectivity index (χ0n) is 6.74. The molecule has 2 heterocycles. The number of hydrogen-bond acceptors (Lipinski definition) is 2. The molecule has 0 bridgehead atoms. The fourth-order valence-electron chi connectivity index (χ4n) is 1.13. The normalized spacial score (nSPS) is 10.7. The molecule has 0 aliphatic heterocycles. The van der Waals surface area contributed by atoms with E-state index < -0.39 is 5.97 Å². The van der Waals surface area contributed by atoms with Crippen LogP contribution in [-0.2, 0) is 0 Å². The van der Waals surface area contributed by atoms with Crippen LogP contribution in [0.25, 0.3) is 5.65 Å². The van der Waals surface area contributed by atoms with Crippen LogP contribution >= 0.6 is 27.5 Å². The largest absolute Gasteiger partial charge is 0.476 e. The van der Waals surface area contributed by atoms with Crippen LogP contribution in [0.4, 0.5) is 0 Å². The lowest BCUT2D eigenvalue weighted by Gasteiger charge is -1.94. The van der Waals surface area contributed by atoms with Crippen LogP contribution in [0, 0.1) is 0 Å². The van der Waals surface area contributed by atoms with Gasteiger partial charge in [0.15, 0.2) is 5.69 Å². The molecule has 0 unspecified atom stereocenters. The van der Waals surface area contributed by atoms with Crippen molar-refractivity contribution in [3.8, 4) is 0 Å². The number of rotatable bonds is 1. The summed E-state index contributed by atoms with van der Waals surface area (Å²) in [6, 6.07) is 3.26. The number of carboxylic acids is 1. The molecule has 0 aliphatic rings. The number of fused-ring (bicyclic) bond motifs is 1. The van der Waals surface area contributed by atoms with Crippen molar-refractivity contribution in [1.82, 2.24) is 9.38 Å². The van der Waals surface area contributed by atoms with Crippen LogP contribution in [0.15, 0.2) is 22.9 Å². The monoisotopic (exact) mass is 274 g/mol. The van der Waals surface area contributed by atoms with Crippen molar-refractivity contribution in [3.63, 3.8) is 0 Å². The first-order valence-corrected chi connectivity index (χ1v) is 4.83. The maximum Gasteiger partial charge on any atom is 0.357 e. The quantitative estimate of drug-likeness (QED) is 0.870. The summed E-state index contributed by atoms with van der Waals surface area (Å²) >= 11 is 8.90. The topological polar surface area (TPSA) is 54.6 Å². The molecule has 0 radical (unpaired) electrons. The van der Waals surface area contributed by atoms with Crippen LogP contribution < -0.4 is 0 Å². The summed E-state index contributed by atoms with van der Waals surface area (Å²) in [7, 11) is 0. The molecule has 0 atom stereocenters. The van der Waals surface area contributed by atoms with Crippen molar-refractivity contribution in [2.45, 2.75) is 0 Å². The van der Waals surface area contributed by atoms with E-state index in [2.05, 4.69) is 20.9 Å². The van der Waals surface area contributed by atoms with Crippen molar-refractivity contribution in [2.75, 3.05) is 0 Å². The highest BCUT2D eigenvalue weighted by atomic mass is 79.9. The second-order valence-corrected chi connectivity index (χ2v) is 3.82. The van der Waals surface area contributed by atoms with Crippen molar-refractivity contribution in [3.05, 3.63) is 33.6 Å². The minimum Gasteiger partial charge on any atom is -0.476 e. The number of hydrogen-bond donors (Lipinski definition) is 1. The second-order valence-electron chi connectivity index (χ2n) is 2.63. The highest BCUT2D eigenvalue weighted by Crippen LogP contribution is 2.21. The molecular weight excluding hydrogens is 271 g/mol. The van der Waals surface area contributed by atoms with Gasteiger partial charge in [-0.05, 0) is 22.0 Å². The smallest absolute Gasteiger partial charge is 0.357 e. The summed E-state index contributed by atoms with van der Waals surface area (Å²) in [6.07, 6.45) is 1.65. The van der Waals surface area contributed by atoms with Crippen LogP contribution in [0.2, 0.25) is 5.02 Å². The van der Waals surface area contributed by atoms with Crippen molar-refractivity contribution < 1.29 is 9.90 Å². The van der Waals surface area contributed by atoms with Gasteiger partial charge in [0.05, 0.1) is 0 Å². The zero-order valence-corrected chi connectivity index (χ0v) is 9.08. The van der Waals surface area contributed by atoms with E-state index in [0.29, 0.717) is 15.3 Å². The highest BCUT2D eigenvalue weighted by molar-refractivity contribution is 9.10. The average molecular weight is 275 g/mol. The van der Waals surface area contributed by atoms with Crippen LogP contribution in [0.5, 0.6) is 0 Å². The molecule has 0 aromatic carbocycles. The van der Waals surface area contributed by atoms with Gasteiger partial charge < -0.3 is 5.11 Å². The first kappa shape index (κ1) is 9.48. The van der Waals surface area contributed by atoms with Gasteiger partial charge in [0.25, 0.3) is 0 Å². The molecule has 0 fully saturated rings. The van der Waals surface area contributed by atoms with E-state index in [9.17, 15) is 4.79 Å². The Morgan fingerprint density at radius 3 is 3.00 bits per heavy atom. The van der Waals surface area contributed by atoms with Crippen molar-refractivity contribution in [2.24, 2.45) is 0 Å². The minimum absolute atomic E-state index is 0.0210. The molecular formula is C8H4BrClN2O2. The lowest BCUT2D eigenvalue weighted by atomic mass is 10.5. The van der Waals surface area contributed by atoms with E-state index in [1.807, 2.05) is 0 Å². The Hall–Kier alpha value is -1.07. The minimum atomic E-state index is -1.07. The number of carboxylic acid groups (broad SMARTS) is 1. The van der Waals surface area contributed by atoms with Crippen molar-refractivity contribution >= 4 is 39.1 Å². The zero-order chi connectivity index (χ0) is 10.3. The Bertz CT molecular complexity index is 523. The second kappa shape index (κ2) is 3.25. The molecule has 4 nitrogen and oxygen atoms in total. The van der Waals surface area contributed by atoms with Gasteiger partial charge >= 0.3 is 5.97 Å². The molecule has 2 rings (SSSR count). The maximum absolute atomic E-state index is 10.7. The van der Waals surface area contributed by atoms with E-state index in [-0.39, 0.29) is 5.69 Å². The SMILES string of the molecule is O=C(O)c1nc2cc(Cl)ccn2c1Br. The standard InChI is InChI=1S/C8H4BrClN2O2/c9-7-6(8(13)14)11-5-3-4(10)1-2-12(5)7/h1-3H,(H,13,14). The summed E-state index contributed by atoms with van der Waals surface area (Å²) in [5.41, 5.74) is 0.481. The maximum atomic E-state index is 10.7. The fraction of sp³-hybridized carbons (Fsp3) is 0. The van der Waals surface area contributed by atoms with Crippen LogP contribution in [0.3, 0.4) is 0 Å². The third-order valence-corrected chi connectivity index (χ3v) is 2.73. The number of aromatic carboxylic acids is 1. The van der Waals surface area contributed by atoms with Gasteiger partial charge in [-0.15, -0.1) is 0 Å². The highest BCUT2D eigenvalue weighted by Gasteiger charge is 2.15. The number of halogens is 2. The summed E-state index contributed by atoms with van der Waals surface area (Å²) in [5.74, 6) is -1.07. The third-order valence-electron chi connectivity index (χ3n) is 1.73. The van der Waals surface area contributed by atoms with E-state index >= 15 is 0 Å². The number of aromatic nitrogens is 2. The van der Waals surface area contributed by atoms with Gasteiger partial charge in [-0.25, -0.2) is 9.78 Å². The number of pyridine rings is 1. The lowest BCUT2D eigenvalue weighted by molar-refractivity contribution is 0.0690. The Labute approximate surface area is 92.3 Å². The van der Waals surface area contributed by atoms with E-state index in [4.69, 9.17) is 16.7 Å². The molecule has 72 valence electrons. The number of imidazole rings is 1. The molecule has 0 amide bonds. The van der Waals surface area contributed by atoms with Gasteiger partial charge in [0, 0.05) is 17.3 Å². The Balaban J connectivity index is 2.79. The molecule has 0 spiro atoms. The first-order valence-electron chi connectivity index (χ1n) is 3.66. The lowest BCUT2D eigenvalue weighted by Crippen LogP contribution is -1.97. The number of carbonyl (C=O) groups is 1.